The van der Waals surface area contributed by atoms with Crippen molar-refractivity contribution in [2.24, 2.45) is 5.92 Å². The van der Waals surface area contributed by atoms with Crippen LogP contribution in [0.3, 0.4) is 0 Å². The molecule has 0 aromatic rings. The number of hydrogen-bond acceptors (Lipinski definition) is 2. The first-order chi connectivity index (χ1) is 7.83. The zero-order valence-electron chi connectivity index (χ0n) is 11.4. The Balaban J connectivity index is 2.64. The van der Waals surface area contributed by atoms with Crippen LogP contribution in [-0.4, -0.2) is 16.5 Å². The normalized spacial score (nSPS) is 23.9. The van der Waals surface area contributed by atoms with Crippen LogP contribution in [0.2, 0.25) is 0 Å². The van der Waals surface area contributed by atoms with Gasteiger partial charge in [-0.2, -0.15) is 0 Å². The van der Waals surface area contributed by atoms with Crippen molar-refractivity contribution in [2.75, 3.05) is 0 Å². The van der Waals surface area contributed by atoms with E-state index in [4.69, 9.17) is 0 Å². The number of carbonyl (C=O) groups excluding carboxylic acids is 1. The van der Waals surface area contributed by atoms with E-state index in [-0.39, 0.29) is 11.7 Å². The van der Waals surface area contributed by atoms with Crippen LogP contribution < -0.4 is 0 Å². The first-order valence-electron chi connectivity index (χ1n) is 6.39. The Morgan fingerprint density at radius 3 is 2.76 bits per heavy atom. The summed E-state index contributed by atoms with van der Waals surface area (Å²) < 4.78 is 0. The molecule has 1 aliphatic carbocycles. The molecule has 0 saturated carbocycles. The molecule has 0 heterocycles. The number of carbonyl (C=O) groups is 1. The number of allylic oxidation sites excluding steroid dienone is 4. The van der Waals surface area contributed by atoms with Crippen molar-refractivity contribution >= 4 is 5.78 Å². The van der Waals surface area contributed by atoms with E-state index < -0.39 is 5.60 Å². The SMILES string of the molecule is CC(C)=CCC[C@](C)(O)C1CCC(C)=CC1=O. The summed E-state index contributed by atoms with van der Waals surface area (Å²) in [5.41, 5.74) is 1.51. The Labute approximate surface area is 104 Å². The van der Waals surface area contributed by atoms with Crippen molar-refractivity contribution in [2.45, 2.75) is 59.0 Å². The third kappa shape index (κ3) is 4.12. The molecule has 0 aromatic heterocycles. The summed E-state index contributed by atoms with van der Waals surface area (Å²) in [5.74, 6) is -0.132. The van der Waals surface area contributed by atoms with E-state index in [1.54, 1.807) is 13.0 Å². The maximum Gasteiger partial charge on any atom is 0.161 e. The molecule has 96 valence electrons. The summed E-state index contributed by atoms with van der Waals surface area (Å²) in [5, 5.41) is 10.4. The van der Waals surface area contributed by atoms with Crippen LogP contribution in [0.4, 0.5) is 0 Å². The van der Waals surface area contributed by atoms with Crippen molar-refractivity contribution < 1.29 is 9.90 Å². The van der Waals surface area contributed by atoms with Gasteiger partial charge < -0.3 is 5.11 Å². The van der Waals surface area contributed by atoms with E-state index >= 15 is 0 Å². The molecule has 0 fully saturated rings. The van der Waals surface area contributed by atoms with Gasteiger partial charge in [0.05, 0.1) is 11.5 Å². The van der Waals surface area contributed by atoms with Gasteiger partial charge in [-0.3, -0.25) is 4.79 Å². The van der Waals surface area contributed by atoms with Crippen LogP contribution in [0.5, 0.6) is 0 Å². The summed E-state index contributed by atoms with van der Waals surface area (Å²) in [7, 11) is 0. The summed E-state index contributed by atoms with van der Waals surface area (Å²) in [6, 6.07) is 0. The lowest BCUT2D eigenvalue weighted by atomic mass is 9.76. The highest BCUT2D eigenvalue weighted by Crippen LogP contribution is 2.32. The van der Waals surface area contributed by atoms with Gasteiger partial charge in [0.1, 0.15) is 0 Å². The molecule has 2 heteroatoms. The van der Waals surface area contributed by atoms with Crippen LogP contribution in [0.1, 0.15) is 53.4 Å². The molecule has 0 radical (unpaired) electrons. The molecule has 0 amide bonds. The molecule has 17 heavy (non-hydrogen) atoms. The predicted molar refractivity (Wildman–Crippen MR) is 70.8 cm³/mol. The molecule has 1 unspecified atom stereocenters. The minimum absolute atomic E-state index is 0.0935. The molecule has 1 rings (SSSR count). The highest BCUT2D eigenvalue weighted by molar-refractivity contribution is 5.94. The van der Waals surface area contributed by atoms with Crippen molar-refractivity contribution in [3.8, 4) is 0 Å². The highest BCUT2D eigenvalue weighted by atomic mass is 16.3. The number of hydrogen-bond donors (Lipinski definition) is 1. The lowest BCUT2D eigenvalue weighted by Crippen LogP contribution is -2.40. The predicted octanol–water partition coefficient (Wildman–Crippen LogP) is 3.41. The fourth-order valence-corrected chi connectivity index (χ4v) is 2.37. The molecule has 0 aliphatic heterocycles. The average Bonchev–Trinajstić information content (AvgIpc) is 2.15. The lowest BCUT2D eigenvalue weighted by Gasteiger charge is -2.33. The Morgan fingerprint density at radius 1 is 1.59 bits per heavy atom. The minimum Gasteiger partial charge on any atom is -0.389 e. The molecule has 0 bridgehead atoms. The van der Waals surface area contributed by atoms with Crippen LogP contribution in [0, 0.1) is 5.92 Å². The monoisotopic (exact) mass is 236 g/mol. The number of rotatable bonds is 4. The fourth-order valence-electron chi connectivity index (χ4n) is 2.37. The van der Waals surface area contributed by atoms with Crippen molar-refractivity contribution in [3.05, 3.63) is 23.3 Å². The Bertz CT molecular complexity index is 344. The fraction of sp³-hybridized carbons (Fsp3) is 0.667. The summed E-state index contributed by atoms with van der Waals surface area (Å²) in [6.45, 7) is 7.87. The Kier molecular flexibility index (Phi) is 4.70. The van der Waals surface area contributed by atoms with Gasteiger partial charge in [0.2, 0.25) is 0 Å². The van der Waals surface area contributed by atoms with Gasteiger partial charge in [0.15, 0.2) is 5.78 Å². The number of aliphatic hydroxyl groups is 1. The third-order valence-corrected chi connectivity index (χ3v) is 3.51. The zero-order valence-corrected chi connectivity index (χ0v) is 11.4. The first-order valence-corrected chi connectivity index (χ1v) is 6.39. The molecule has 1 N–H and O–H groups in total. The maximum absolute atomic E-state index is 11.9. The van der Waals surface area contributed by atoms with Gasteiger partial charge in [-0.05, 0) is 59.5 Å². The van der Waals surface area contributed by atoms with E-state index in [0.29, 0.717) is 6.42 Å². The largest absolute Gasteiger partial charge is 0.389 e. The quantitative estimate of drug-likeness (QED) is 0.759. The number of ketones is 1. The van der Waals surface area contributed by atoms with E-state index in [0.717, 1.165) is 24.8 Å². The second-order valence-electron chi connectivity index (χ2n) is 5.66. The van der Waals surface area contributed by atoms with Crippen molar-refractivity contribution in [1.82, 2.24) is 0 Å². The molecule has 0 saturated heterocycles. The van der Waals surface area contributed by atoms with E-state index in [9.17, 15) is 9.90 Å². The van der Waals surface area contributed by atoms with Crippen LogP contribution in [-0.2, 0) is 4.79 Å². The van der Waals surface area contributed by atoms with Gasteiger partial charge in [0, 0.05) is 0 Å². The van der Waals surface area contributed by atoms with Crippen LogP contribution in [0.15, 0.2) is 23.3 Å². The zero-order chi connectivity index (χ0) is 13.1. The molecule has 2 atom stereocenters. The van der Waals surface area contributed by atoms with E-state index in [2.05, 4.69) is 6.08 Å². The van der Waals surface area contributed by atoms with Crippen molar-refractivity contribution in [1.29, 1.82) is 0 Å². The van der Waals surface area contributed by atoms with Gasteiger partial charge >= 0.3 is 0 Å². The summed E-state index contributed by atoms with van der Waals surface area (Å²) in [6.07, 6.45) is 7.01. The molecule has 0 spiro atoms. The van der Waals surface area contributed by atoms with Gasteiger partial charge in [-0.1, -0.05) is 17.2 Å². The van der Waals surface area contributed by atoms with Gasteiger partial charge in [-0.25, -0.2) is 0 Å². The molecule has 1 aliphatic rings. The topological polar surface area (TPSA) is 37.3 Å². The molecule has 0 aromatic carbocycles. The van der Waals surface area contributed by atoms with E-state index in [1.807, 2.05) is 20.8 Å². The average molecular weight is 236 g/mol. The minimum atomic E-state index is -0.875. The summed E-state index contributed by atoms with van der Waals surface area (Å²) in [4.78, 5) is 11.9. The first kappa shape index (κ1) is 14.2. The van der Waals surface area contributed by atoms with Crippen molar-refractivity contribution in [3.63, 3.8) is 0 Å². The standard InChI is InChI=1S/C15H24O2/c1-11(2)6-5-9-15(4,17)13-8-7-12(3)10-14(13)16/h6,10,13,17H,5,7-9H2,1-4H3/t13?,15-/m0/s1. The smallest absolute Gasteiger partial charge is 0.161 e. The molecular formula is C15H24O2. The highest BCUT2D eigenvalue weighted by Gasteiger charge is 2.36. The van der Waals surface area contributed by atoms with Gasteiger partial charge in [0.25, 0.3) is 0 Å². The Hall–Kier alpha value is -0.890. The van der Waals surface area contributed by atoms with E-state index in [1.165, 1.54) is 5.57 Å². The molecule has 2 nitrogen and oxygen atoms in total. The maximum atomic E-state index is 11.9. The second kappa shape index (κ2) is 5.63. The lowest BCUT2D eigenvalue weighted by molar-refractivity contribution is -0.128. The van der Waals surface area contributed by atoms with Crippen LogP contribution in [0.25, 0.3) is 0 Å². The second-order valence-corrected chi connectivity index (χ2v) is 5.66. The van der Waals surface area contributed by atoms with Gasteiger partial charge in [-0.15, -0.1) is 0 Å². The Morgan fingerprint density at radius 2 is 2.24 bits per heavy atom. The third-order valence-electron chi connectivity index (χ3n) is 3.51. The van der Waals surface area contributed by atoms with Crippen LogP contribution >= 0.6 is 0 Å². The summed E-state index contributed by atoms with van der Waals surface area (Å²) >= 11 is 0. The molecular weight excluding hydrogens is 212 g/mol.